The van der Waals surface area contributed by atoms with E-state index in [4.69, 9.17) is 11.6 Å². The van der Waals surface area contributed by atoms with Gasteiger partial charge in [0, 0.05) is 6.07 Å². The van der Waals surface area contributed by atoms with Crippen molar-refractivity contribution in [2.45, 2.75) is 0 Å². The second-order valence-electron chi connectivity index (χ2n) is 1.94. The number of carbonyl (C=O) groups excluding carboxylic acids is 1. The van der Waals surface area contributed by atoms with Gasteiger partial charge < -0.3 is 4.74 Å². The highest BCUT2D eigenvalue weighted by atomic mass is 35.5. The fourth-order valence-electron chi connectivity index (χ4n) is 0.667. The Kier molecular flexibility index (Phi) is 3.41. The van der Waals surface area contributed by atoms with Crippen molar-refractivity contribution in [1.82, 2.24) is 0 Å². The van der Waals surface area contributed by atoms with Crippen LogP contribution in [0.1, 0.15) is 0 Å². The van der Waals surface area contributed by atoms with E-state index in [1.807, 2.05) is 0 Å². The third-order valence-electron chi connectivity index (χ3n) is 1.13. The molecule has 1 amide bonds. The number of rotatable bonds is 2. The van der Waals surface area contributed by atoms with Crippen molar-refractivity contribution in [2.24, 2.45) is 0 Å². The predicted octanol–water partition coefficient (Wildman–Crippen LogP) is 2.23. The second kappa shape index (κ2) is 4.62. The molecular formula is C8H7ClNO2. The third kappa shape index (κ3) is 2.80. The number of alkyl halides is 1. The largest absolute Gasteiger partial charge is 0.433 e. The van der Waals surface area contributed by atoms with Crippen LogP contribution >= 0.6 is 11.6 Å². The fraction of sp³-hybridized carbons (Fsp3) is 0.125. The lowest BCUT2D eigenvalue weighted by atomic mass is 10.3. The van der Waals surface area contributed by atoms with Gasteiger partial charge in [0.15, 0.2) is 6.07 Å². The fourth-order valence-corrected chi connectivity index (χ4v) is 0.766. The van der Waals surface area contributed by atoms with Gasteiger partial charge in [-0.05, 0) is 6.07 Å². The summed E-state index contributed by atoms with van der Waals surface area (Å²) in [5, 5.41) is 2.44. The van der Waals surface area contributed by atoms with Gasteiger partial charge in [0.2, 0.25) is 0 Å². The van der Waals surface area contributed by atoms with Crippen molar-refractivity contribution in [2.75, 3.05) is 11.4 Å². The quantitative estimate of drug-likeness (QED) is 0.716. The average Bonchev–Trinajstić information content (AvgIpc) is 2.06. The Morgan fingerprint density at radius 1 is 1.67 bits per heavy atom. The molecular weight excluding hydrogens is 178 g/mol. The molecule has 1 rings (SSSR count). The SMILES string of the molecule is O=C(Nc1[c]cccc1)OCCl. The summed E-state index contributed by atoms with van der Waals surface area (Å²) in [5.74, 6) is 0. The van der Waals surface area contributed by atoms with E-state index < -0.39 is 6.09 Å². The van der Waals surface area contributed by atoms with Gasteiger partial charge in [-0.3, -0.25) is 5.32 Å². The van der Waals surface area contributed by atoms with Gasteiger partial charge in [0.05, 0.1) is 5.69 Å². The first-order chi connectivity index (χ1) is 5.83. The monoisotopic (exact) mass is 184 g/mol. The van der Waals surface area contributed by atoms with E-state index in [1.54, 1.807) is 24.3 Å². The molecule has 1 aromatic carbocycles. The standard InChI is InChI=1S/C8H7ClNO2/c9-6-12-8(11)10-7-4-2-1-3-5-7/h1-4H,6H2,(H,10,11). The summed E-state index contributed by atoms with van der Waals surface area (Å²) in [5.41, 5.74) is 0.563. The topological polar surface area (TPSA) is 38.3 Å². The van der Waals surface area contributed by atoms with Crippen LogP contribution in [0.3, 0.4) is 0 Å². The van der Waals surface area contributed by atoms with Crippen molar-refractivity contribution in [3.8, 4) is 0 Å². The van der Waals surface area contributed by atoms with Gasteiger partial charge in [-0.2, -0.15) is 0 Å². The summed E-state index contributed by atoms with van der Waals surface area (Å²) < 4.78 is 4.44. The first-order valence-electron chi connectivity index (χ1n) is 3.29. The summed E-state index contributed by atoms with van der Waals surface area (Å²) >= 11 is 5.17. The minimum absolute atomic E-state index is 0.154. The lowest BCUT2D eigenvalue weighted by molar-refractivity contribution is 0.180. The maximum Gasteiger partial charge on any atom is 0.412 e. The molecule has 0 aliphatic carbocycles. The number of nitrogens with one attached hydrogen (secondary N) is 1. The lowest BCUT2D eigenvalue weighted by Gasteiger charge is -2.02. The van der Waals surface area contributed by atoms with E-state index in [9.17, 15) is 4.79 Å². The predicted molar refractivity (Wildman–Crippen MR) is 46.1 cm³/mol. The molecule has 0 atom stereocenters. The minimum atomic E-state index is -0.576. The van der Waals surface area contributed by atoms with Crippen molar-refractivity contribution in [3.63, 3.8) is 0 Å². The molecule has 0 heterocycles. The second-order valence-corrected chi connectivity index (χ2v) is 2.16. The minimum Gasteiger partial charge on any atom is -0.433 e. The van der Waals surface area contributed by atoms with Crippen LogP contribution in [0.2, 0.25) is 0 Å². The number of para-hydroxylation sites is 1. The van der Waals surface area contributed by atoms with Crippen LogP contribution in [-0.4, -0.2) is 12.2 Å². The van der Waals surface area contributed by atoms with Crippen molar-refractivity contribution in [3.05, 3.63) is 30.3 Å². The molecule has 0 bridgehead atoms. The molecule has 0 aromatic heterocycles. The Morgan fingerprint density at radius 3 is 3.08 bits per heavy atom. The Bertz CT molecular complexity index is 250. The highest BCUT2D eigenvalue weighted by molar-refractivity contribution is 6.17. The molecule has 0 unspecified atom stereocenters. The van der Waals surface area contributed by atoms with E-state index in [-0.39, 0.29) is 6.07 Å². The van der Waals surface area contributed by atoms with Crippen molar-refractivity contribution >= 4 is 23.4 Å². The van der Waals surface area contributed by atoms with Crippen LogP contribution in [0.15, 0.2) is 24.3 Å². The number of anilines is 1. The number of hydrogen-bond donors (Lipinski definition) is 1. The molecule has 12 heavy (non-hydrogen) atoms. The Morgan fingerprint density at radius 2 is 2.50 bits per heavy atom. The van der Waals surface area contributed by atoms with E-state index in [0.717, 1.165) is 0 Å². The van der Waals surface area contributed by atoms with Gasteiger partial charge in [0.25, 0.3) is 0 Å². The smallest absolute Gasteiger partial charge is 0.412 e. The van der Waals surface area contributed by atoms with Gasteiger partial charge in [-0.1, -0.05) is 29.8 Å². The number of amides is 1. The molecule has 4 heteroatoms. The number of benzene rings is 1. The van der Waals surface area contributed by atoms with Crippen molar-refractivity contribution < 1.29 is 9.53 Å². The third-order valence-corrected chi connectivity index (χ3v) is 1.24. The van der Waals surface area contributed by atoms with E-state index in [1.165, 1.54) is 0 Å². The van der Waals surface area contributed by atoms with Gasteiger partial charge in [-0.25, -0.2) is 4.79 Å². The maximum absolute atomic E-state index is 10.8. The summed E-state index contributed by atoms with van der Waals surface area (Å²) in [6.45, 7) is 0. The van der Waals surface area contributed by atoms with E-state index in [2.05, 4.69) is 16.1 Å². The molecule has 0 aliphatic rings. The van der Waals surface area contributed by atoms with E-state index >= 15 is 0 Å². The summed E-state index contributed by atoms with van der Waals surface area (Å²) in [6, 6.07) is 9.63. The maximum atomic E-state index is 10.8. The number of hydrogen-bond acceptors (Lipinski definition) is 2. The molecule has 0 saturated carbocycles. The molecule has 63 valence electrons. The van der Waals surface area contributed by atoms with Crippen LogP contribution in [0, 0.1) is 6.07 Å². The van der Waals surface area contributed by atoms with Gasteiger partial charge in [-0.15, -0.1) is 0 Å². The van der Waals surface area contributed by atoms with Gasteiger partial charge in [0.1, 0.15) is 0 Å². The molecule has 1 radical (unpaired) electrons. The highest BCUT2D eigenvalue weighted by Gasteiger charge is 1.99. The van der Waals surface area contributed by atoms with Crippen LogP contribution in [0.5, 0.6) is 0 Å². The number of halogens is 1. The normalized spacial score (nSPS) is 9.08. The molecule has 3 nitrogen and oxygen atoms in total. The van der Waals surface area contributed by atoms with Crippen LogP contribution in [0.25, 0.3) is 0 Å². The first-order valence-corrected chi connectivity index (χ1v) is 3.83. The van der Waals surface area contributed by atoms with Crippen LogP contribution < -0.4 is 5.32 Å². The molecule has 0 saturated heterocycles. The average molecular weight is 185 g/mol. The Hall–Kier alpha value is -1.22. The van der Waals surface area contributed by atoms with E-state index in [0.29, 0.717) is 5.69 Å². The molecule has 1 N–H and O–H groups in total. The summed E-state index contributed by atoms with van der Waals surface area (Å²) in [6.07, 6.45) is -0.576. The number of ether oxygens (including phenoxy) is 1. The summed E-state index contributed by atoms with van der Waals surface area (Å²) in [4.78, 5) is 10.8. The molecule has 0 aliphatic heterocycles. The number of carbonyl (C=O) groups is 1. The molecule has 0 spiro atoms. The van der Waals surface area contributed by atoms with Crippen LogP contribution in [0.4, 0.5) is 10.5 Å². The zero-order valence-electron chi connectivity index (χ0n) is 6.21. The Labute approximate surface area is 75.3 Å². The van der Waals surface area contributed by atoms with Crippen molar-refractivity contribution in [1.29, 1.82) is 0 Å². The zero-order chi connectivity index (χ0) is 8.81. The van der Waals surface area contributed by atoms with Crippen LogP contribution in [-0.2, 0) is 4.74 Å². The lowest BCUT2D eigenvalue weighted by Crippen LogP contribution is -2.12. The van der Waals surface area contributed by atoms with Gasteiger partial charge >= 0.3 is 6.09 Å². The zero-order valence-corrected chi connectivity index (χ0v) is 6.97. The first kappa shape index (κ1) is 8.87. The molecule has 1 aromatic rings. The summed E-state index contributed by atoms with van der Waals surface area (Å²) in [7, 11) is 0. The Balaban J connectivity index is 2.47. The highest BCUT2D eigenvalue weighted by Crippen LogP contribution is 2.04. The molecule has 0 fully saturated rings.